The Kier molecular flexibility index (Phi) is 5.95. The molecule has 2 amide bonds. The van der Waals surface area contributed by atoms with Gasteiger partial charge in [-0.15, -0.1) is 0 Å². The van der Waals surface area contributed by atoms with Gasteiger partial charge in [0.15, 0.2) is 12.4 Å². The Morgan fingerprint density at radius 1 is 1.25 bits per heavy atom. The molecule has 0 bridgehead atoms. The molecule has 2 aromatic rings. The van der Waals surface area contributed by atoms with Crippen molar-refractivity contribution >= 4 is 17.6 Å². The van der Waals surface area contributed by atoms with Gasteiger partial charge in [0.1, 0.15) is 11.5 Å². The first kappa shape index (κ1) is 17.5. The number of anilines is 1. The second-order valence-corrected chi connectivity index (χ2v) is 5.42. The van der Waals surface area contributed by atoms with E-state index in [1.807, 2.05) is 31.2 Å². The Bertz CT molecular complexity index is 694. The molecule has 1 aromatic heterocycles. The molecule has 128 valence electrons. The van der Waals surface area contributed by atoms with Gasteiger partial charge in [0.2, 0.25) is 5.91 Å². The third-order valence-electron chi connectivity index (χ3n) is 3.32. The topological polar surface area (TPSA) is 84.7 Å². The molecular weight excluding hydrogens is 310 g/mol. The Morgan fingerprint density at radius 3 is 2.54 bits per heavy atom. The molecule has 7 heteroatoms. The molecule has 1 N–H and O–H groups in total. The van der Waals surface area contributed by atoms with Gasteiger partial charge < -0.3 is 14.6 Å². The maximum Gasteiger partial charge on any atom is 0.258 e. The van der Waals surface area contributed by atoms with Crippen LogP contribution in [0.3, 0.4) is 0 Å². The molecule has 0 atom stereocenters. The van der Waals surface area contributed by atoms with Crippen molar-refractivity contribution in [3.8, 4) is 5.75 Å². The van der Waals surface area contributed by atoms with Crippen molar-refractivity contribution in [2.24, 2.45) is 0 Å². The van der Waals surface area contributed by atoms with Gasteiger partial charge in [-0.1, -0.05) is 22.9 Å². The average Bonchev–Trinajstić information content (AvgIpc) is 2.96. The maximum absolute atomic E-state index is 11.8. The summed E-state index contributed by atoms with van der Waals surface area (Å²) >= 11 is 0. The minimum absolute atomic E-state index is 0.0772. The molecule has 0 spiro atoms. The van der Waals surface area contributed by atoms with Gasteiger partial charge in [-0.2, -0.15) is 0 Å². The molecular formula is C17H21N3O4. The van der Waals surface area contributed by atoms with Crippen LogP contribution < -0.4 is 15.0 Å². The summed E-state index contributed by atoms with van der Waals surface area (Å²) in [6.07, 6.45) is 0. The Balaban J connectivity index is 1.76. The fourth-order valence-corrected chi connectivity index (χ4v) is 2.06. The third-order valence-corrected chi connectivity index (χ3v) is 3.32. The molecule has 24 heavy (non-hydrogen) atoms. The van der Waals surface area contributed by atoms with Crippen LogP contribution in [0.25, 0.3) is 0 Å². The highest BCUT2D eigenvalue weighted by molar-refractivity contribution is 5.90. The molecule has 1 heterocycles. The highest BCUT2D eigenvalue weighted by Crippen LogP contribution is 2.13. The number of carbonyl (C=O) groups excluding carboxylic acids is 2. The van der Waals surface area contributed by atoms with Crippen molar-refractivity contribution in [2.75, 3.05) is 24.6 Å². The smallest absolute Gasteiger partial charge is 0.258 e. The summed E-state index contributed by atoms with van der Waals surface area (Å²) in [7, 11) is 0. The van der Waals surface area contributed by atoms with E-state index >= 15 is 0 Å². The molecule has 0 saturated carbocycles. The predicted molar refractivity (Wildman–Crippen MR) is 89.0 cm³/mol. The average molecular weight is 331 g/mol. The molecule has 0 aliphatic carbocycles. The fraction of sp³-hybridized carbons (Fsp3) is 0.353. The Morgan fingerprint density at radius 2 is 1.96 bits per heavy atom. The number of rotatable bonds is 7. The van der Waals surface area contributed by atoms with Crippen molar-refractivity contribution in [3.05, 3.63) is 41.7 Å². The second kappa shape index (κ2) is 8.14. The number of aryl methyl sites for hydroxylation is 2. The van der Waals surface area contributed by atoms with E-state index in [0.29, 0.717) is 30.4 Å². The lowest BCUT2D eigenvalue weighted by atomic mass is 10.2. The zero-order valence-electron chi connectivity index (χ0n) is 14.0. The van der Waals surface area contributed by atoms with Crippen LogP contribution in [0.4, 0.5) is 5.82 Å². The summed E-state index contributed by atoms with van der Waals surface area (Å²) in [6, 6.07) is 9.12. The standard InChI is InChI=1S/C17H21N3O4/c1-12-4-6-15(7-5-12)23-11-17(22)18-8-9-20(14(3)21)16-10-13(2)24-19-16/h4-7,10H,8-9,11H2,1-3H3,(H,18,22). The molecule has 0 radical (unpaired) electrons. The molecule has 0 fully saturated rings. The number of nitrogens with one attached hydrogen (secondary N) is 1. The van der Waals surface area contributed by atoms with Gasteiger partial charge in [-0.25, -0.2) is 0 Å². The normalized spacial score (nSPS) is 10.3. The Labute approximate surface area is 140 Å². The van der Waals surface area contributed by atoms with Crippen LogP contribution in [0.15, 0.2) is 34.9 Å². The first-order valence-electron chi connectivity index (χ1n) is 7.63. The lowest BCUT2D eigenvalue weighted by Gasteiger charge is -2.17. The van der Waals surface area contributed by atoms with E-state index in [2.05, 4.69) is 10.5 Å². The van der Waals surface area contributed by atoms with Gasteiger partial charge in [0.25, 0.3) is 5.91 Å². The van der Waals surface area contributed by atoms with Crippen LogP contribution in [0.2, 0.25) is 0 Å². The molecule has 0 unspecified atom stereocenters. The Hall–Kier alpha value is -2.83. The monoisotopic (exact) mass is 331 g/mol. The van der Waals surface area contributed by atoms with Gasteiger partial charge in [-0.3, -0.25) is 14.5 Å². The molecule has 7 nitrogen and oxygen atoms in total. The molecule has 1 aromatic carbocycles. The van der Waals surface area contributed by atoms with Crippen LogP contribution in [0.5, 0.6) is 5.75 Å². The van der Waals surface area contributed by atoms with E-state index in [1.165, 1.54) is 11.8 Å². The second-order valence-electron chi connectivity index (χ2n) is 5.42. The number of ether oxygens (including phenoxy) is 1. The van der Waals surface area contributed by atoms with Gasteiger partial charge >= 0.3 is 0 Å². The minimum atomic E-state index is -0.254. The molecule has 0 aliphatic heterocycles. The van der Waals surface area contributed by atoms with Crippen LogP contribution >= 0.6 is 0 Å². The van der Waals surface area contributed by atoms with E-state index in [1.54, 1.807) is 13.0 Å². The zero-order valence-corrected chi connectivity index (χ0v) is 14.0. The number of hydrogen-bond donors (Lipinski definition) is 1. The predicted octanol–water partition coefficient (Wildman–Crippen LogP) is 1.84. The van der Waals surface area contributed by atoms with E-state index in [4.69, 9.17) is 9.26 Å². The highest BCUT2D eigenvalue weighted by Gasteiger charge is 2.15. The van der Waals surface area contributed by atoms with Crippen molar-refractivity contribution in [1.29, 1.82) is 0 Å². The quantitative estimate of drug-likeness (QED) is 0.837. The summed E-state index contributed by atoms with van der Waals surface area (Å²) in [5.41, 5.74) is 1.12. The molecule has 2 rings (SSSR count). The van der Waals surface area contributed by atoms with Crippen LogP contribution in [0.1, 0.15) is 18.2 Å². The fourth-order valence-electron chi connectivity index (χ4n) is 2.06. The van der Waals surface area contributed by atoms with Crippen LogP contribution in [-0.4, -0.2) is 36.7 Å². The summed E-state index contributed by atoms with van der Waals surface area (Å²) < 4.78 is 10.4. The number of benzene rings is 1. The summed E-state index contributed by atoms with van der Waals surface area (Å²) in [4.78, 5) is 24.9. The number of hydrogen-bond acceptors (Lipinski definition) is 5. The number of aromatic nitrogens is 1. The van der Waals surface area contributed by atoms with E-state index in [0.717, 1.165) is 5.56 Å². The third kappa shape index (κ3) is 5.12. The zero-order chi connectivity index (χ0) is 17.5. The van der Waals surface area contributed by atoms with E-state index in [9.17, 15) is 9.59 Å². The lowest BCUT2D eigenvalue weighted by Crippen LogP contribution is -2.39. The van der Waals surface area contributed by atoms with Crippen molar-refractivity contribution in [3.63, 3.8) is 0 Å². The lowest BCUT2D eigenvalue weighted by molar-refractivity contribution is -0.123. The number of carbonyl (C=O) groups is 2. The maximum atomic E-state index is 11.8. The van der Waals surface area contributed by atoms with E-state index in [-0.39, 0.29) is 18.4 Å². The van der Waals surface area contributed by atoms with Crippen molar-refractivity contribution < 1.29 is 18.8 Å². The highest BCUT2D eigenvalue weighted by atomic mass is 16.5. The summed E-state index contributed by atoms with van der Waals surface area (Å²) in [5.74, 6) is 1.26. The summed E-state index contributed by atoms with van der Waals surface area (Å²) in [5, 5.41) is 6.52. The SMILES string of the molecule is CC(=O)N(CCNC(=O)COc1ccc(C)cc1)c1cc(C)on1. The number of nitrogens with zero attached hydrogens (tertiary/aromatic N) is 2. The minimum Gasteiger partial charge on any atom is -0.484 e. The molecule has 0 saturated heterocycles. The van der Waals surface area contributed by atoms with Crippen LogP contribution in [-0.2, 0) is 9.59 Å². The first-order chi connectivity index (χ1) is 11.5. The van der Waals surface area contributed by atoms with E-state index < -0.39 is 0 Å². The largest absolute Gasteiger partial charge is 0.484 e. The number of amides is 2. The van der Waals surface area contributed by atoms with Crippen molar-refractivity contribution in [2.45, 2.75) is 20.8 Å². The van der Waals surface area contributed by atoms with Gasteiger partial charge in [-0.05, 0) is 26.0 Å². The molecule has 0 aliphatic rings. The summed E-state index contributed by atoms with van der Waals surface area (Å²) in [6.45, 7) is 5.68. The van der Waals surface area contributed by atoms with Crippen LogP contribution in [0, 0.1) is 13.8 Å². The first-order valence-corrected chi connectivity index (χ1v) is 7.63. The van der Waals surface area contributed by atoms with Crippen molar-refractivity contribution in [1.82, 2.24) is 10.5 Å². The van der Waals surface area contributed by atoms with Gasteiger partial charge in [0, 0.05) is 26.1 Å². The van der Waals surface area contributed by atoms with Gasteiger partial charge in [0.05, 0.1) is 0 Å².